The Morgan fingerprint density at radius 1 is 1.53 bits per heavy atom. The molecule has 2 N–H and O–H groups in total. The van der Waals surface area contributed by atoms with Gasteiger partial charge in [0.05, 0.1) is 5.60 Å². The van der Waals surface area contributed by atoms with Crippen LogP contribution in [0.3, 0.4) is 0 Å². The predicted octanol–water partition coefficient (Wildman–Crippen LogP) is 0.601. The first-order valence-corrected chi connectivity index (χ1v) is 5.70. The molecule has 0 aliphatic carbocycles. The Kier molecular flexibility index (Phi) is 4.45. The summed E-state index contributed by atoms with van der Waals surface area (Å²) in [5, 5.41) is 23.6. The molecule has 0 saturated carbocycles. The van der Waals surface area contributed by atoms with Crippen molar-refractivity contribution in [2.45, 2.75) is 32.3 Å². The number of nitrogens with one attached hydrogen (secondary N) is 1. The van der Waals surface area contributed by atoms with Crippen LogP contribution in [-0.4, -0.2) is 23.2 Å². The van der Waals surface area contributed by atoms with Crippen LogP contribution < -0.4 is 10.0 Å². The number of pyridine rings is 1. The predicted molar refractivity (Wildman–Crippen MR) is 63.3 cm³/mol. The van der Waals surface area contributed by atoms with Gasteiger partial charge in [0.2, 0.25) is 0 Å². The third-order valence-electron chi connectivity index (χ3n) is 2.93. The van der Waals surface area contributed by atoms with E-state index in [1.54, 1.807) is 6.07 Å². The molecule has 1 amide bonds. The third kappa shape index (κ3) is 3.71. The van der Waals surface area contributed by atoms with Gasteiger partial charge < -0.3 is 15.6 Å². The lowest BCUT2D eigenvalue weighted by molar-refractivity contribution is -0.605. The zero-order valence-electron chi connectivity index (χ0n) is 10.1. The highest BCUT2D eigenvalue weighted by Crippen LogP contribution is 2.13. The van der Waals surface area contributed by atoms with E-state index in [1.165, 1.54) is 18.5 Å². The zero-order chi connectivity index (χ0) is 12.9. The second-order valence-corrected chi connectivity index (χ2v) is 4.07. The van der Waals surface area contributed by atoms with Gasteiger partial charge in [-0.2, -0.15) is 4.73 Å². The van der Waals surface area contributed by atoms with Crippen molar-refractivity contribution in [3.8, 4) is 0 Å². The molecule has 1 heterocycles. The monoisotopic (exact) mass is 238 g/mol. The number of carbonyl (C=O) groups is 1. The number of nitrogens with zero attached hydrogens (tertiary/aromatic N) is 1. The van der Waals surface area contributed by atoms with Gasteiger partial charge in [0.25, 0.3) is 5.91 Å². The maximum atomic E-state index is 11.7. The second kappa shape index (κ2) is 5.63. The van der Waals surface area contributed by atoms with E-state index in [0.29, 0.717) is 17.6 Å². The summed E-state index contributed by atoms with van der Waals surface area (Å²) in [6.45, 7) is 3.92. The highest BCUT2D eigenvalue weighted by molar-refractivity contribution is 5.93. The van der Waals surface area contributed by atoms with Crippen molar-refractivity contribution >= 4 is 5.91 Å². The van der Waals surface area contributed by atoms with E-state index in [2.05, 4.69) is 5.32 Å². The van der Waals surface area contributed by atoms with Crippen LogP contribution in [0.2, 0.25) is 0 Å². The van der Waals surface area contributed by atoms with Gasteiger partial charge in [-0.05, 0) is 18.9 Å². The van der Waals surface area contributed by atoms with Gasteiger partial charge in [0.15, 0.2) is 12.4 Å². The molecule has 0 bridgehead atoms. The molecule has 1 aromatic rings. The maximum absolute atomic E-state index is 11.7. The summed E-state index contributed by atoms with van der Waals surface area (Å²) in [7, 11) is 0. The van der Waals surface area contributed by atoms with Gasteiger partial charge in [-0.15, -0.1) is 0 Å². The number of carbonyl (C=O) groups excluding carboxylic acids is 1. The Hall–Kier alpha value is -1.62. The van der Waals surface area contributed by atoms with E-state index in [-0.39, 0.29) is 18.0 Å². The van der Waals surface area contributed by atoms with Crippen LogP contribution in [0.15, 0.2) is 24.5 Å². The van der Waals surface area contributed by atoms with Crippen LogP contribution in [0.5, 0.6) is 0 Å². The minimum atomic E-state index is -0.877. The number of hydrogen-bond donors (Lipinski definition) is 2. The van der Waals surface area contributed by atoms with Crippen molar-refractivity contribution in [1.29, 1.82) is 0 Å². The number of aliphatic hydroxyl groups is 1. The molecule has 17 heavy (non-hydrogen) atoms. The standard InChI is InChI=1S/C12H18N2O3/c1-3-12(16,4-2)9-13-11(15)10-6-5-7-14(17)8-10/h5-8,16H,3-4,9H2,1-2H3,(H,13,15). The molecule has 0 spiro atoms. The average Bonchev–Trinajstić information content (AvgIpc) is 2.35. The SMILES string of the molecule is CCC(O)(CC)CNC(=O)c1ccc[n+]([O-])c1. The number of hydrogen-bond acceptors (Lipinski definition) is 3. The van der Waals surface area contributed by atoms with Gasteiger partial charge in [0.1, 0.15) is 5.56 Å². The minimum absolute atomic E-state index is 0.187. The van der Waals surface area contributed by atoms with E-state index in [9.17, 15) is 15.1 Å². The quantitative estimate of drug-likeness (QED) is 0.582. The van der Waals surface area contributed by atoms with Crippen molar-refractivity contribution < 1.29 is 14.6 Å². The van der Waals surface area contributed by atoms with Crippen molar-refractivity contribution in [2.24, 2.45) is 0 Å². The third-order valence-corrected chi connectivity index (χ3v) is 2.93. The molecule has 0 aliphatic rings. The summed E-state index contributed by atoms with van der Waals surface area (Å²) in [5.74, 6) is -0.351. The highest BCUT2D eigenvalue weighted by atomic mass is 16.5. The topological polar surface area (TPSA) is 76.3 Å². The molecule has 0 unspecified atom stereocenters. The van der Waals surface area contributed by atoms with Crippen LogP contribution in [0, 0.1) is 5.21 Å². The molecule has 0 aliphatic heterocycles. The Morgan fingerprint density at radius 3 is 2.71 bits per heavy atom. The molecule has 0 saturated heterocycles. The van der Waals surface area contributed by atoms with Crippen LogP contribution in [0.1, 0.15) is 37.0 Å². The minimum Gasteiger partial charge on any atom is -0.619 e. The first-order valence-electron chi connectivity index (χ1n) is 5.70. The van der Waals surface area contributed by atoms with Gasteiger partial charge in [-0.25, -0.2) is 0 Å². The molecular formula is C12H18N2O3. The Balaban J connectivity index is 2.62. The summed E-state index contributed by atoms with van der Waals surface area (Å²) in [4.78, 5) is 11.7. The first-order chi connectivity index (χ1) is 8.00. The Bertz CT molecular complexity index is 389. The van der Waals surface area contributed by atoms with Crippen LogP contribution in [0.4, 0.5) is 0 Å². The van der Waals surface area contributed by atoms with Crippen molar-refractivity contribution in [1.82, 2.24) is 5.32 Å². The molecule has 1 aromatic heterocycles. The smallest absolute Gasteiger partial charge is 0.257 e. The van der Waals surface area contributed by atoms with E-state index >= 15 is 0 Å². The summed E-state index contributed by atoms with van der Waals surface area (Å²) in [5.41, 5.74) is -0.588. The Labute approximate surface area is 101 Å². The van der Waals surface area contributed by atoms with Crippen molar-refractivity contribution in [3.63, 3.8) is 0 Å². The number of rotatable bonds is 5. The lowest BCUT2D eigenvalue weighted by Crippen LogP contribution is -2.42. The van der Waals surface area contributed by atoms with Gasteiger partial charge in [-0.1, -0.05) is 13.8 Å². The Morgan fingerprint density at radius 2 is 2.18 bits per heavy atom. The number of aromatic nitrogens is 1. The fourth-order valence-corrected chi connectivity index (χ4v) is 1.44. The van der Waals surface area contributed by atoms with Gasteiger partial charge in [-0.3, -0.25) is 4.79 Å². The van der Waals surface area contributed by atoms with Crippen LogP contribution in [-0.2, 0) is 0 Å². The van der Waals surface area contributed by atoms with E-state index in [1.807, 2.05) is 13.8 Å². The fourth-order valence-electron chi connectivity index (χ4n) is 1.44. The molecule has 94 valence electrons. The van der Waals surface area contributed by atoms with E-state index < -0.39 is 5.60 Å². The molecule has 5 heteroatoms. The van der Waals surface area contributed by atoms with E-state index in [0.717, 1.165) is 0 Å². The molecule has 0 fully saturated rings. The molecule has 0 atom stereocenters. The normalized spacial score (nSPS) is 11.2. The average molecular weight is 238 g/mol. The first kappa shape index (κ1) is 13.4. The molecular weight excluding hydrogens is 220 g/mol. The zero-order valence-corrected chi connectivity index (χ0v) is 10.1. The molecule has 1 rings (SSSR count). The van der Waals surface area contributed by atoms with Crippen LogP contribution >= 0.6 is 0 Å². The highest BCUT2D eigenvalue weighted by Gasteiger charge is 2.23. The summed E-state index contributed by atoms with van der Waals surface area (Å²) >= 11 is 0. The molecule has 0 radical (unpaired) electrons. The maximum Gasteiger partial charge on any atom is 0.257 e. The van der Waals surface area contributed by atoms with Gasteiger partial charge in [0, 0.05) is 12.6 Å². The molecule has 5 nitrogen and oxygen atoms in total. The lowest BCUT2D eigenvalue weighted by atomic mass is 9.97. The second-order valence-electron chi connectivity index (χ2n) is 4.07. The van der Waals surface area contributed by atoms with Crippen LogP contribution in [0.25, 0.3) is 0 Å². The lowest BCUT2D eigenvalue weighted by Gasteiger charge is -2.25. The summed E-state index contributed by atoms with van der Waals surface area (Å²) in [6.07, 6.45) is 3.65. The fraction of sp³-hybridized carbons (Fsp3) is 0.500. The van der Waals surface area contributed by atoms with Crippen molar-refractivity contribution in [3.05, 3.63) is 35.3 Å². The summed E-state index contributed by atoms with van der Waals surface area (Å²) < 4.78 is 0.570. The largest absolute Gasteiger partial charge is 0.619 e. The number of amides is 1. The van der Waals surface area contributed by atoms with E-state index in [4.69, 9.17) is 0 Å². The summed E-state index contributed by atoms with van der Waals surface area (Å²) in [6, 6.07) is 3.06. The molecule has 0 aromatic carbocycles. The van der Waals surface area contributed by atoms with Gasteiger partial charge >= 0.3 is 0 Å². The van der Waals surface area contributed by atoms with Crippen molar-refractivity contribution in [2.75, 3.05) is 6.54 Å².